The van der Waals surface area contributed by atoms with E-state index in [2.05, 4.69) is 10.3 Å². The fourth-order valence-corrected chi connectivity index (χ4v) is 4.10. The molecule has 1 atom stereocenters. The predicted octanol–water partition coefficient (Wildman–Crippen LogP) is 1.61. The summed E-state index contributed by atoms with van der Waals surface area (Å²) in [5, 5.41) is 4.60. The summed E-state index contributed by atoms with van der Waals surface area (Å²) in [5.74, 6) is 0.0247. The monoisotopic (exact) mass is 398 g/mol. The maximum absolute atomic E-state index is 12.6. The number of aryl methyl sites for hydroxylation is 1. The molecule has 3 aromatic rings. The molecule has 1 aliphatic rings. The number of thiazole rings is 1. The minimum absolute atomic E-state index is 0.0359. The molecule has 0 saturated carbocycles. The molecular formula is C19H18N4O4S. The molecule has 1 fully saturated rings. The Hall–Kier alpha value is -3.20. The number of benzene rings is 1. The number of carbonyl (C=O) groups excluding carboxylic acids is 2. The highest BCUT2D eigenvalue weighted by Gasteiger charge is 2.32. The molecule has 0 unspecified atom stereocenters. The van der Waals surface area contributed by atoms with Gasteiger partial charge in [0.15, 0.2) is 4.96 Å². The second-order valence-corrected chi connectivity index (χ2v) is 7.39. The van der Waals surface area contributed by atoms with Crippen LogP contribution in [0.5, 0.6) is 5.75 Å². The minimum atomic E-state index is -0.525. The lowest BCUT2D eigenvalue weighted by molar-refractivity contribution is -0.117. The molecule has 0 bridgehead atoms. The van der Waals surface area contributed by atoms with Gasteiger partial charge < -0.3 is 15.0 Å². The van der Waals surface area contributed by atoms with Crippen LogP contribution in [0.1, 0.15) is 22.5 Å². The first-order valence-corrected chi connectivity index (χ1v) is 9.57. The summed E-state index contributed by atoms with van der Waals surface area (Å²) in [6.07, 6.45) is 1.46. The van der Waals surface area contributed by atoms with Gasteiger partial charge in [-0.1, -0.05) is 6.07 Å². The van der Waals surface area contributed by atoms with Gasteiger partial charge in [-0.15, -0.1) is 11.3 Å². The number of fused-ring (bicyclic) bond motifs is 1. The highest BCUT2D eigenvalue weighted by molar-refractivity contribution is 7.15. The summed E-state index contributed by atoms with van der Waals surface area (Å²) in [6.45, 7) is 2.11. The van der Waals surface area contributed by atoms with Gasteiger partial charge in [-0.2, -0.15) is 0 Å². The van der Waals surface area contributed by atoms with E-state index < -0.39 is 17.5 Å². The second-order valence-electron chi connectivity index (χ2n) is 6.55. The minimum Gasteiger partial charge on any atom is -0.497 e. The van der Waals surface area contributed by atoms with Crippen LogP contribution in [0.25, 0.3) is 4.96 Å². The molecule has 3 heterocycles. The SMILES string of the molecule is COc1cccc(N2C[C@@H](NC(=O)c3cnc4scc(C)n4c3=O)CC2=O)c1. The average Bonchev–Trinajstić information content (AvgIpc) is 3.25. The van der Waals surface area contributed by atoms with Crippen molar-refractivity contribution in [3.63, 3.8) is 0 Å². The number of ether oxygens (including phenoxy) is 1. The number of carbonyl (C=O) groups is 2. The lowest BCUT2D eigenvalue weighted by Gasteiger charge is -2.18. The first kappa shape index (κ1) is 18.2. The predicted molar refractivity (Wildman–Crippen MR) is 105 cm³/mol. The van der Waals surface area contributed by atoms with Crippen LogP contribution in [-0.2, 0) is 4.79 Å². The maximum atomic E-state index is 12.6. The lowest BCUT2D eigenvalue weighted by atomic mass is 10.2. The van der Waals surface area contributed by atoms with Gasteiger partial charge in [-0.3, -0.25) is 18.8 Å². The van der Waals surface area contributed by atoms with Crippen LogP contribution < -0.4 is 20.5 Å². The van der Waals surface area contributed by atoms with Gasteiger partial charge in [-0.25, -0.2) is 4.98 Å². The molecule has 0 radical (unpaired) electrons. The van der Waals surface area contributed by atoms with Crippen LogP contribution in [0.4, 0.5) is 5.69 Å². The number of methoxy groups -OCH3 is 1. The number of nitrogens with zero attached hydrogens (tertiary/aromatic N) is 3. The van der Waals surface area contributed by atoms with Crippen LogP contribution in [-0.4, -0.2) is 40.9 Å². The smallest absolute Gasteiger partial charge is 0.271 e. The quantitative estimate of drug-likeness (QED) is 0.721. The number of amides is 2. The van der Waals surface area contributed by atoms with Crippen molar-refractivity contribution >= 4 is 33.8 Å². The van der Waals surface area contributed by atoms with E-state index in [0.717, 1.165) is 5.69 Å². The lowest BCUT2D eigenvalue weighted by Crippen LogP contribution is -2.40. The van der Waals surface area contributed by atoms with Crippen LogP contribution in [0, 0.1) is 6.92 Å². The standard InChI is InChI=1S/C19H18N4O4S/c1-11-10-28-19-20-8-15(18(26)23(11)19)17(25)21-12-6-16(24)22(9-12)13-4-3-5-14(7-13)27-2/h3-5,7-8,10,12H,6,9H2,1-2H3,(H,21,25)/t12-/m0/s1. The Morgan fingerprint density at radius 2 is 2.18 bits per heavy atom. The molecule has 28 heavy (non-hydrogen) atoms. The Balaban J connectivity index is 1.53. The van der Waals surface area contributed by atoms with Crippen molar-refractivity contribution in [2.45, 2.75) is 19.4 Å². The molecule has 1 saturated heterocycles. The zero-order valence-electron chi connectivity index (χ0n) is 15.3. The molecule has 4 rings (SSSR count). The maximum Gasteiger partial charge on any atom is 0.271 e. The zero-order chi connectivity index (χ0) is 19.8. The van der Waals surface area contributed by atoms with Gasteiger partial charge in [0.05, 0.1) is 13.2 Å². The first-order valence-electron chi connectivity index (χ1n) is 8.69. The Morgan fingerprint density at radius 3 is 2.96 bits per heavy atom. The van der Waals surface area contributed by atoms with E-state index in [0.29, 0.717) is 22.9 Å². The second kappa shape index (κ2) is 7.08. The number of aromatic nitrogens is 2. The van der Waals surface area contributed by atoms with Crippen molar-refractivity contribution in [2.24, 2.45) is 0 Å². The highest BCUT2D eigenvalue weighted by Crippen LogP contribution is 2.25. The highest BCUT2D eigenvalue weighted by atomic mass is 32.1. The zero-order valence-corrected chi connectivity index (χ0v) is 16.2. The molecule has 9 heteroatoms. The molecule has 1 aromatic carbocycles. The summed E-state index contributed by atoms with van der Waals surface area (Å²) in [7, 11) is 1.56. The fourth-order valence-electron chi connectivity index (χ4n) is 3.28. The average molecular weight is 398 g/mol. The number of hydrogen-bond acceptors (Lipinski definition) is 6. The van der Waals surface area contributed by atoms with E-state index in [1.54, 1.807) is 37.1 Å². The van der Waals surface area contributed by atoms with Gasteiger partial charge in [-0.05, 0) is 19.1 Å². The third-order valence-corrected chi connectivity index (χ3v) is 5.64. The molecule has 2 aromatic heterocycles. The van der Waals surface area contributed by atoms with E-state index in [-0.39, 0.29) is 17.9 Å². The summed E-state index contributed by atoms with van der Waals surface area (Å²) < 4.78 is 6.62. The van der Waals surface area contributed by atoms with Crippen molar-refractivity contribution in [1.29, 1.82) is 0 Å². The molecule has 1 N–H and O–H groups in total. The fraction of sp³-hybridized carbons (Fsp3) is 0.263. The Morgan fingerprint density at radius 1 is 1.36 bits per heavy atom. The van der Waals surface area contributed by atoms with Gasteiger partial charge in [0, 0.05) is 42.0 Å². The number of anilines is 1. The van der Waals surface area contributed by atoms with E-state index in [9.17, 15) is 14.4 Å². The van der Waals surface area contributed by atoms with E-state index in [1.807, 2.05) is 11.4 Å². The van der Waals surface area contributed by atoms with Crippen molar-refractivity contribution in [3.8, 4) is 5.75 Å². The Kier molecular flexibility index (Phi) is 4.60. The Labute approximate surface area is 164 Å². The summed E-state index contributed by atoms with van der Waals surface area (Å²) in [6, 6.07) is 6.79. The van der Waals surface area contributed by atoms with Gasteiger partial charge >= 0.3 is 0 Å². The first-order chi connectivity index (χ1) is 13.5. The van der Waals surface area contributed by atoms with Crippen molar-refractivity contribution in [2.75, 3.05) is 18.6 Å². The van der Waals surface area contributed by atoms with Crippen molar-refractivity contribution < 1.29 is 14.3 Å². The van der Waals surface area contributed by atoms with Gasteiger partial charge in [0.25, 0.3) is 11.5 Å². The summed E-state index contributed by atoms with van der Waals surface area (Å²) in [4.78, 5) is 44.0. The third-order valence-electron chi connectivity index (χ3n) is 4.69. The molecule has 2 amide bonds. The summed E-state index contributed by atoms with van der Waals surface area (Å²) in [5.41, 5.74) is 0.993. The largest absolute Gasteiger partial charge is 0.497 e. The normalized spacial score (nSPS) is 16.6. The molecule has 0 spiro atoms. The third kappa shape index (κ3) is 3.13. The molecule has 8 nitrogen and oxygen atoms in total. The van der Waals surface area contributed by atoms with Gasteiger partial charge in [0.1, 0.15) is 11.3 Å². The van der Waals surface area contributed by atoms with Gasteiger partial charge in [0.2, 0.25) is 5.91 Å². The van der Waals surface area contributed by atoms with Crippen LogP contribution >= 0.6 is 11.3 Å². The van der Waals surface area contributed by atoms with Crippen molar-refractivity contribution in [3.05, 3.63) is 57.5 Å². The molecular weight excluding hydrogens is 380 g/mol. The molecule has 144 valence electrons. The van der Waals surface area contributed by atoms with Crippen LogP contribution in [0.3, 0.4) is 0 Å². The van der Waals surface area contributed by atoms with E-state index in [4.69, 9.17) is 4.74 Å². The number of nitrogens with one attached hydrogen (secondary N) is 1. The van der Waals surface area contributed by atoms with Crippen LogP contribution in [0.15, 0.2) is 40.6 Å². The Bertz CT molecular complexity index is 1140. The number of hydrogen-bond donors (Lipinski definition) is 1. The molecule has 1 aliphatic heterocycles. The number of rotatable bonds is 4. The summed E-state index contributed by atoms with van der Waals surface area (Å²) >= 11 is 1.34. The van der Waals surface area contributed by atoms with Crippen molar-refractivity contribution in [1.82, 2.24) is 14.7 Å². The van der Waals surface area contributed by atoms with Crippen LogP contribution in [0.2, 0.25) is 0 Å². The topological polar surface area (TPSA) is 93.0 Å². The van der Waals surface area contributed by atoms with E-state index >= 15 is 0 Å². The van der Waals surface area contributed by atoms with E-state index in [1.165, 1.54) is 21.9 Å². The molecule has 0 aliphatic carbocycles.